The van der Waals surface area contributed by atoms with Gasteiger partial charge >= 0.3 is 328 Å². The van der Waals surface area contributed by atoms with E-state index in [0.717, 1.165) is 36.9 Å². The molecule has 0 radical (unpaired) electrons. The predicted octanol–water partition coefficient (Wildman–Crippen LogP) is 10.2. The molecule has 0 aliphatic carbocycles. The molecule has 9 nitrogen and oxygen atoms in total. The summed E-state index contributed by atoms with van der Waals surface area (Å²) >= 11 is 3.67. The number of rotatable bonds is 13. The number of hydrogen-bond donors (Lipinski definition) is 2. The van der Waals surface area contributed by atoms with Gasteiger partial charge in [0.2, 0.25) is 0 Å². The number of para-hydroxylation sites is 1. The van der Waals surface area contributed by atoms with Crippen LogP contribution < -0.4 is 30.5 Å². The van der Waals surface area contributed by atoms with Gasteiger partial charge in [-0.05, 0) is 13.8 Å². The summed E-state index contributed by atoms with van der Waals surface area (Å²) in [4.78, 5) is 18.4. The second-order valence-electron chi connectivity index (χ2n) is 15.4. The number of ether oxygens (including phenoxy) is 4. The average molecular weight is 898 g/mol. The van der Waals surface area contributed by atoms with E-state index in [1.807, 2.05) is 106 Å². The molecule has 308 valence electrons. The number of halogens is 2. The van der Waals surface area contributed by atoms with Crippen LogP contribution in [-0.4, -0.2) is 45.7 Å². The molecular weight excluding hydrogens is 854 g/mol. The molecule has 0 unspecified atom stereocenters. The van der Waals surface area contributed by atoms with Crippen molar-refractivity contribution in [2.24, 2.45) is 0 Å². The van der Waals surface area contributed by atoms with Gasteiger partial charge in [-0.25, -0.2) is 0 Å². The van der Waals surface area contributed by atoms with E-state index in [1.165, 1.54) is 6.07 Å². The third-order valence-corrected chi connectivity index (χ3v) is 15.6. The SMILES string of the molecule is Cc1cc(-n2ncc(C(=O)c3cc4cc(OC[C@H]5COC(C)(C)O5)c(Br)cc4[nH]3)c2N[PH](c2ccccc2)(c2ccccc2)c2ccccc2)ccc1Oc1ccccc1F. The fraction of sp³-hybridized carbons (Fsp3) is 0.143. The quantitative estimate of drug-likeness (QED) is 0.0879. The summed E-state index contributed by atoms with van der Waals surface area (Å²) in [5.41, 5.74) is 2.94. The molecule has 12 heteroatoms. The van der Waals surface area contributed by atoms with Crippen molar-refractivity contribution < 1.29 is 28.1 Å². The van der Waals surface area contributed by atoms with Crippen LogP contribution in [0.3, 0.4) is 0 Å². The molecule has 1 fully saturated rings. The third kappa shape index (κ3) is 8.10. The molecule has 61 heavy (non-hydrogen) atoms. The van der Waals surface area contributed by atoms with E-state index in [4.69, 9.17) is 24.0 Å². The molecule has 9 rings (SSSR count). The summed E-state index contributed by atoms with van der Waals surface area (Å²) in [5, 5.41) is 13.0. The monoisotopic (exact) mass is 896 g/mol. The number of hydrogen-bond acceptors (Lipinski definition) is 7. The van der Waals surface area contributed by atoms with Gasteiger partial charge in [-0.3, -0.25) is 0 Å². The van der Waals surface area contributed by atoms with Crippen LogP contribution in [0.15, 0.2) is 162 Å². The van der Waals surface area contributed by atoms with Crippen molar-refractivity contribution in [2.45, 2.75) is 32.7 Å². The number of nitrogens with one attached hydrogen (secondary N) is 2. The van der Waals surface area contributed by atoms with Gasteiger partial charge in [-0.1, -0.05) is 0 Å². The Balaban J connectivity index is 1.16. The van der Waals surface area contributed by atoms with Crippen LogP contribution in [0, 0.1) is 12.7 Å². The average Bonchev–Trinajstić information content (AvgIpc) is 3.99. The number of nitrogens with zero attached hydrogens (tertiary/aromatic N) is 2. The Morgan fingerprint density at radius 2 is 1.49 bits per heavy atom. The molecule has 0 spiro atoms. The summed E-state index contributed by atoms with van der Waals surface area (Å²) in [7, 11) is -3.21. The minimum absolute atomic E-state index is 0.127. The van der Waals surface area contributed by atoms with Crippen LogP contribution in [0.2, 0.25) is 0 Å². The van der Waals surface area contributed by atoms with E-state index in [1.54, 1.807) is 35.1 Å². The summed E-state index contributed by atoms with van der Waals surface area (Å²) < 4.78 is 41.0. The Morgan fingerprint density at radius 1 is 0.852 bits per heavy atom. The molecule has 2 N–H and O–H groups in total. The van der Waals surface area contributed by atoms with Crippen LogP contribution in [0.1, 0.15) is 35.5 Å². The van der Waals surface area contributed by atoms with Crippen LogP contribution in [0.5, 0.6) is 17.2 Å². The molecule has 3 heterocycles. The van der Waals surface area contributed by atoms with Crippen LogP contribution in [0.25, 0.3) is 16.6 Å². The number of carbonyl (C=O) groups is 1. The van der Waals surface area contributed by atoms with Crippen molar-refractivity contribution in [3.63, 3.8) is 0 Å². The molecule has 8 aromatic rings. The summed E-state index contributed by atoms with van der Waals surface area (Å²) in [5.74, 6) is 0.393. The number of carbonyl (C=O) groups excluding carboxylic acids is 1. The molecule has 0 saturated carbocycles. The molecule has 0 bridgehead atoms. The third-order valence-electron chi connectivity index (χ3n) is 10.8. The Bertz CT molecular complexity index is 2760. The molecule has 1 atom stereocenters. The number of fused-ring (bicyclic) bond motifs is 1. The second-order valence-corrected chi connectivity index (χ2v) is 19.8. The van der Waals surface area contributed by atoms with E-state index >= 15 is 4.79 Å². The van der Waals surface area contributed by atoms with Crippen molar-refractivity contribution in [1.82, 2.24) is 14.8 Å². The van der Waals surface area contributed by atoms with Crippen molar-refractivity contribution in [3.8, 4) is 22.9 Å². The fourth-order valence-corrected chi connectivity index (χ4v) is 12.4. The number of benzene rings is 6. The van der Waals surface area contributed by atoms with Gasteiger partial charge < -0.3 is 9.47 Å². The van der Waals surface area contributed by atoms with Gasteiger partial charge in [-0.2, -0.15) is 0 Å². The Hall–Kier alpha value is -6.10. The molecule has 0 amide bonds. The van der Waals surface area contributed by atoms with E-state index in [0.29, 0.717) is 47.5 Å². The summed E-state index contributed by atoms with van der Waals surface area (Å²) in [6.07, 6.45) is 1.41. The maximum absolute atomic E-state index is 15.0. The first kappa shape index (κ1) is 40.3. The zero-order chi connectivity index (χ0) is 42.1. The Kier molecular flexibility index (Phi) is 11.1. The molecule has 1 aliphatic heterocycles. The first-order chi connectivity index (χ1) is 29.6. The molecule has 6 aromatic carbocycles. The Morgan fingerprint density at radius 3 is 2.10 bits per heavy atom. The van der Waals surface area contributed by atoms with Gasteiger partial charge in [-0.15, -0.1) is 0 Å². The summed E-state index contributed by atoms with van der Waals surface area (Å²) in [6, 6.07) is 48.7. The normalized spacial score (nSPS) is 15.1. The van der Waals surface area contributed by atoms with Gasteiger partial charge in [0, 0.05) is 0 Å². The zero-order valence-corrected chi connectivity index (χ0v) is 36.3. The van der Waals surface area contributed by atoms with Gasteiger partial charge in [0.25, 0.3) is 0 Å². The van der Waals surface area contributed by atoms with Gasteiger partial charge in [0.1, 0.15) is 0 Å². The zero-order valence-electron chi connectivity index (χ0n) is 33.7. The van der Waals surface area contributed by atoms with E-state index in [2.05, 4.69) is 62.4 Å². The van der Waals surface area contributed by atoms with Crippen LogP contribution in [-0.2, 0) is 9.47 Å². The topological polar surface area (TPSA) is 99.6 Å². The molecular formula is C49H43BrFN4O5P. The number of aromatic nitrogens is 3. The number of aryl methyl sites for hydroxylation is 1. The van der Waals surface area contributed by atoms with Gasteiger partial charge in [0.05, 0.1) is 6.61 Å². The predicted molar refractivity (Wildman–Crippen MR) is 245 cm³/mol. The standard InChI is InChI=1S/C49H43BrFN4O5P/c1-32-25-34(23-24-44(32)59-45-22-14-13-21-41(45)51)55-48(54-61(36-15-7-4-8-16-36,37-17-9-5-10-18-37)38-19-11-6-12-20-38)39(29-52-55)47(56)43-26-33-27-46(40(50)28-42(33)53-43)57-30-35-31-58-49(2,3)60-35/h4-29,35,53-54,61H,30-31H2,1-3H3/t35-/m0/s1. The van der Waals surface area contributed by atoms with E-state index < -0.39 is 19.0 Å². The number of H-pyrrole nitrogens is 1. The van der Waals surface area contributed by atoms with Crippen LogP contribution >= 0.6 is 23.3 Å². The fourth-order valence-electron chi connectivity index (χ4n) is 7.85. The first-order valence-corrected chi connectivity index (χ1v) is 22.7. The van der Waals surface area contributed by atoms with Crippen molar-refractivity contribution in [2.75, 3.05) is 18.3 Å². The summed E-state index contributed by atoms with van der Waals surface area (Å²) in [6.45, 7) is 6.41. The maximum atomic E-state index is 15.0. The van der Waals surface area contributed by atoms with Crippen molar-refractivity contribution in [3.05, 3.63) is 185 Å². The number of anilines is 1. The molecule has 1 aliphatic rings. The minimum atomic E-state index is -3.21. The van der Waals surface area contributed by atoms with Crippen LogP contribution in [0.4, 0.5) is 10.2 Å². The molecule has 2 aromatic heterocycles. The van der Waals surface area contributed by atoms with Crippen molar-refractivity contribution >= 4 is 61.8 Å². The first-order valence-electron chi connectivity index (χ1n) is 20.0. The molecule has 1 saturated heterocycles. The Labute approximate surface area is 362 Å². The van der Waals surface area contributed by atoms with E-state index in [9.17, 15) is 4.39 Å². The number of aromatic amines is 1. The van der Waals surface area contributed by atoms with E-state index in [-0.39, 0.29) is 17.6 Å². The van der Waals surface area contributed by atoms with Gasteiger partial charge in [0.15, 0.2) is 5.79 Å². The second kappa shape index (κ2) is 16.7. The van der Waals surface area contributed by atoms with Crippen molar-refractivity contribution in [1.29, 1.82) is 0 Å². The number of ketones is 1.